The lowest BCUT2D eigenvalue weighted by Gasteiger charge is -2.47. The van der Waals surface area contributed by atoms with E-state index in [2.05, 4.69) is 0 Å². The molecular weight excluding hydrogens is 773 g/mol. The highest BCUT2D eigenvalue weighted by Gasteiger charge is 2.61. The summed E-state index contributed by atoms with van der Waals surface area (Å²) in [6.07, 6.45) is -5.15. The Morgan fingerprint density at radius 2 is 0.984 bits per heavy atom. The molecule has 8 rings (SSSR count). The molecule has 0 saturated carbocycles. The standard InChI is InChI=1S/C51H58O10/c1-50(2)58-35-44(61-50)47(56-32-40-24-14-6-15-25-40)49(52)51(36-59-51)28-42-45(54-30-38-20-10-4-11-21-38)48(57-33-41-26-16-7-17-27-41)46(55-31-39-22-12-5-13-23-39)43(60-42)34-53-29-37-18-8-3-9-19-37/h3-27,42-49,52H,28-36H2,1-2H3/t42-,43-,44-,45+,46-,47-,48-,49+,51+/m1/s1. The molecule has 61 heavy (non-hydrogen) atoms. The van der Waals surface area contributed by atoms with Crippen LogP contribution in [-0.2, 0) is 75.7 Å². The van der Waals surface area contributed by atoms with Gasteiger partial charge in [-0.25, -0.2) is 0 Å². The summed E-state index contributed by atoms with van der Waals surface area (Å²) in [6, 6.07) is 50.2. The molecule has 10 nitrogen and oxygen atoms in total. The van der Waals surface area contributed by atoms with Crippen LogP contribution in [0.1, 0.15) is 48.1 Å². The molecule has 3 aliphatic rings. The fourth-order valence-corrected chi connectivity index (χ4v) is 8.24. The first-order valence-corrected chi connectivity index (χ1v) is 21.4. The average molecular weight is 831 g/mol. The third kappa shape index (κ3) is 11.8. The van der Waals surface area contributed by atoms with Crippen molar-refractivity contribution in [2.24, 2.45) is 0 Å². The van der Waals surface area contributed by atoms with E-state index in [4.69, 9.17) is 42.6 Å². The van der Waals surface area contributed by atoms with Gasteiger partial charge in [0.1, 0.15) is 48.3 Å². The second kappa shape index (κ2) is 20.7. The van der Waals surface area contributed by atoms with Gasteiger partial charge in [0.2, 0.25) is 0 Å². The van der Waals surface area contributed by atoms with Gasteiger partial charge < -0.3 is 47.7 Å². The zero-order valence-corrected chi connectivity index (χ0v) is 35.0. The van der Waals surface area contributed by atoms with Crippen molar-refractivity contribution in [2.45, 2.75) is 114 Å². The monoisotopic (exact) mass is 830 g/mol. The van der Waals surface area contributed by atoms with E-state index in [1.165, 1.54) is 0 Å². The highest BCUT2D eigenvalue weighted by Crippen LogP contribution is 2.44. The first-order chi connectivity index (χ1) is 29.8. The van der Waals surface area contributed by atoms with E-state index in [0.29, 0.717) is 33.0 Å². The van der Waals surface area contributed by atoms with E-state index in [1.54, 1.807) is 0 Å². The molecule has 10 heteroatoms. The number of benzene rings is 5. The minimum absolute atomic E-state index is 0.225. The second-order valence-corrected chi connectivity index (χ2v) is 16.6. The SMILES string of the molecule is CC1(C)OC[C@H]([C@@H](OCc2ccccc2)[C@H](O)[C@]2(C[C@H]3O[C@H](COCc4ccccc4)[C@@H](OCc4ccccc4)[C@H](OCc4ccccc4)[C@H]3OCc3ccccc3)CO2)O1. The number of epoxide rings is 1. The van der Waals surface area contributed by atoms with Crippen molar-refractivity contribution in [2.75, 3.05) is 19.8 Å². The van der Waals surface area contributed by atoms with Crippen molar-refractivity contribution in [1.29, 1.82) is 0 Å². The molecule has 3 heterocycles. The van der Waals surface area contributed by atoms with Gasteiger partial charge in [0.25, 0.3) is 0 Å². The van der Waals surface area contributed by atoms with Gasteiger partial charge in [0, 0.05) is 6.42 Å². The predicted octanol–water partition coefficient (Wildman–Crippen LogP) is 7.98. The summed E-state index contributed by atoms with van der Waals surface area (Å²) >= 11 is 0. The maximum Gasteiger partial charge on any atom is 0.163 e. The lowest BCUT2D eigenvalue weighted by molar-refractivity contribution is -0.277. The topological polar surface area (TPSA) is 107 Å². The Bertz CT molecular complexity index is 2020. The summed E-state index contributed by atoms with van der Waals surface area (Å²) in [5, 5.41) is 12.5. The predicted molar refractivity (Wildman–Crippen MR) is 229 cm³/mol. The third-order valence-electron chi connectivity index (χ3n) is 11.6. The quantitative estimate of drug-likeness (QED) is 0.0732. The van der Waals surface area contributed by atoms with Gasteiger partial charge in [-0.05, 0) is 41.7 Å². The lowest BCUT2D eigenvalue weighted by Crippen LogP contribution is -2.62. The molecule has 5 aromatic rings. The van der Waals surface area contributed by atoms with Gasteiger partial charge in [-0.2, -0.15) is 0 Å². The average Bonchev–Trinajstić information content (AvgIpc) is 3.99. The van der Waals surface area contributed by atoms with Crippen LogP contribution in [0.3, 0.4) is 0 Å². The number of hydrogen-bond donors (Lipinski definition) is 1. The van der Waals surface area contributed by atoms with Gasteiger partial charge in [-0.3, -0.25) is 0 Å². The molecular formula is C51H58O10. The number of ether oxygens (including phenoxy) is 9. The summed E-state index contributed by atoms with van der Waals surface area (Å²) in [7, 11) is 0. The molecule has 0 radical (unpaired) electrons. The minimum Gasteiger partial charge on any atom is -0.387 e. The zero-order chi connectivity index (χ0) is 41.9. The van der Waals surface area contributed by atoms with Crippen LogP contribution in [0.25, 0.3) is 0 Å². The van der Waals surface area contributed by atoms with Crippen LogP contribution in [0.15, 0.2) is 152 Å². The molecule has 5 aromatic carbocycles. The fraction of sp³-hybridized carbons (Fsp3) is 0.412. The van der Waals surface area contributed by atoms with Gasteiger partial charge in [0.15, 0.2) is 5.79 Å². The van der Waals surface area contributed by atoms with Crippen LogP contribution in [0.5, 0.6) is 0 Å². The van der Waals surface area contributed by atoms with E-state index in [1.807, 2.05) is 166 Å². The molecule has 0 aromatic heterocycles. The van der Waals surface area contributed by atoms with Crippen LogP contribution in [0.2, 0.25) is 0 Å². The number of aliphatic hydroxyl groups is 1. The Balaban J connectivity index is 1.11. The van der Waals surface area contributed by atoms with E-state index in [0.717, 1.165) is 27.8 Å². The molecule has 0 bridgehead atoms. The molecule has 3 aliphatic heterocycles. The summed E-state index contributed by atoms with van der Waals surface area (Å²) in [5.74, 6) is -0.829. The van der Waals surface area contributed by atoms with Gasteiger partial charge in [0.05, 0.1) is 59.0 Å². The number of aliphatic hydroxyl groups excluding tert-OH is 1. The van der Waals surface area contributed by atoms with Crippen molar-refractivity contribution in [3.05, 3.63) is 179 Å². The molecule has 0 amide bonds. The highest BCUT2D eigenvalue weighted by atomic mass is 16.8. The second-order valence-electron chi connectivity index (χ2n) is 16.6. The van der Waals surface area contributed by atoms with Crippen molar-refractivity contribution >= 4 is 0 Å². The highest BCUT2D eigenvalue weighted by molar-refractivity contribution is 5.18. The minimum atomic E-state index is -1.10. The first-order valence-electron chi connectivity index (χ1n) is 21.4. The van der Waals surface area contributed by atoms with Crippen molar-refractivity contribution in [1.82, 2.24) is 0 Å². The molecule has 3 saturated heterocycles. The molecule has 322 valence electrons. The third-order valence-corrected chi connectivity index (χ3v) is 11.6. The molecule has 0 aliphatic carbocycles. The first kappa shape index (κ1) is 43.4. The van der Waals surface area contributed by atoms with E-state index >= 15 is 0 Å². The van der Waals surface area contributed by atoms with Crippen molar-refractivity contribution in [3.63, 3.8) is 0 Å². The Hall–Kier alpha value is -4.30. The van der Waals surface area contributed by atoms with E-state index < -0.39 is 60.2 Å². The van der Waals surface area contributed by atoms with E-state index in [-0.39, 0.29) is 26.2 Å². The van der Waals surface area contributed by atoms with E-state index in [9.17, 15) is 5.11 Å². The number of hydrogen-bond acceptors (Lipinski definition) is 10. The Morgan fingerprint density at radius 1 is 0.557 bits per heavy atom. The molecule has 1 N–H and O–H groups in total. The van der Waals surface area contributed by atoms with Crippen LogP contribution in [0.4, 0.5) is 0 Å². The summed E-state index contributed by atoms with van der Waals surface area (Å²) in [4.78, 5) is 0. The van der Waals surface area contributed by atoms with Gasteiger partial charge in [-0.15, -0.1) is 0 Å². The van der Waals surface area contributed by atoms with Crippen LogP contribution in [-0.4, -0.2) is 85.1 Å². The van der Waals surface area contributed by atoms with Crippen LogP contribution in [0, 0.1) is 0 Å². The smallest absolute Gasteiger partial charge is 0.163 e. The van der Waals surface area contributed by atoms with Crippen LogP contribution >= 0.6 is 0 Å². The molecule has 0 spiro atoms. The molecule has 3 fully saturated rings. The van der Waals surface area contributed by atoms with Gasteiger partial charge >= 0.3 is 0 Å². The normalized spacial score (nSPS) is 26.7. The maximum atomic E-state index is 12.5. The van der Waals surface area contributed by atoms with Crippen molar-refractivity contribution < 1.29 is 47.7 Å². The molecule has 0 unspecified atom stereocenters. The molecule has 9 atom stereocenters. The van der Waals surface area contributed by atoms with Gasteiger partial charge in [-0.1, -0.05) is 152 Å². The zero-order valence-electron chi connectivity index (χ0n) is 35.0. The number of rotatable bonds is 21. The Labute approximate surface area is 359 Å². The summed E-state index contributed by atoms with van der Waals surface area (Å²) in [5.41, 5.74) is 4.04. The largest absolute Gasteiger partial charge is 0.387 e. The summed E-state index contributed by atoms with van der Waals surface area (Å²) < 4.78 is 59.6. The maximum absolute atomic E-state index is 12.5. The lowest BCUT2D eigenvalue weighted by atomic mass is 9.84. The van der Waals surface area contributed by atoms with Crippen molar-refractivity contribution in [3.8, 4) is 0 Å². The fourth-order valence-electron chi connectivity index (χ4n) is 8.24. The Kier molecular flexibility index (Phi) is 14.7. The Morgan fingerprint density at radius 3 is 1.43 bits per heavy atom. The van der Waals surface area contributed by atoms with Crippen LogP contribution < -0.4 is 0 Å². The summed E-state index contributed by atoms with van der Waals surface area (Å²) in [6.45, 7) is 6.14.